The number of hydrazine groups is 1. The lowest BCUT2D eigenvalue weighted by molar-refractivity contribution is -0.137. The maximum Gasteiger partial charge on any atom is 0.416 e. The quantitative estimate of drug-likeness (QED) is 0.255. The lowest BCUT2D eigenvalue weighted by Gasteiger charge is -2.48. The summed E-state index contributed by atoms with van der Waals surface area (Å²) in [4.78, 5) is 19.1. The fourth-order valence-electron chi connectivity index (χ4n) is 7.45. The van der Waals surface area contributed by atoms with Gasteiger partial charge in [-0.25, -0.2) is 5.01 Å². The first-order valence-electron chi connectivity index (χ1n) is 16.3. The van der Waals surface area contributed by atoms with Crippen LogP contribution in [-0.4, -0.2) is 67.2 Å². The topological polar surface area (TPSA) is 39.3 Å². The fraction of sp³-hybridized carbons (Fsp3) is 0.472. The minimum atomic E-state index is -4.35. The molecule has 3 aliphatic rings. The van der Waals surface area contributed by atoms with Crippen LogP contribution in [0.5, 0.6) is 5.75 Å². The van der Waals surface area contributed by atoms with E-state index in [2.05, 4.69) is 53.0 Å². The monoisotopic (exact) mass is 656 g/mol. The second-order valence-corrected chi connectivity index (χ2v) is 12.5. The number of fused-ring (bicyclic) bond motifs is 2. The summed E-state index contributed by atoms with van der Waals surface area (Å²) in [6.45, 7) is 8.34. The maximum absolute atomic E-state index is 14.8. The van der Waals surface area contributed by atoms with Crippen molar-refractivity contribution < 1.29 is 22.7 Å². The molecule has 0 N–H and O–H groups in total. The van der Waals surface area contributed by atoms with Crippen molar-refractivity contribution in [3.05, 3.63) is 89.5 Å². The van der Waals surface area contributed by atoms with E-state index in [4.69, 9.17) is 4.74 Å². The Morgan fingerprint density at radius 3 is 2.41 bits per heavy atom. The van der Waals surface area contributed by atoms with Gasteiger partial charge in [0.05, 0.1) is 23.5 Å². The molecule has 0 bridgehead atoms. The fourth-order valence-corrected chi connectivity index (χ4v) is 7.45. The Kier molecular flexibility index (Phi) is 10.9. The number of hydrogen-bond donors (Lipinski definition) is 0. The summed E-state index contributed by atoms with van der Waals surface area (Å²) in [5.41, 5.74) is 3.40. The molecular weight excluding hydrogens is 613 g/mol. The van der Waals surface area contributed by atoms with E-state index in [0.717, 1.165) is 62.8 Å². The third-order valence-corrected chi connectivity index (χ3v) is 9.72. The summed E-state index contributed by atoms with van der Waals surface area (Å²) in [6, 6.07) is 21.7. The number of piperidine rings is 1. The summed E-state index contributed by atoms with van der Waals surface area (Å²) >= 11 is 0. The summed E-state index contributed by atoms with van der Waals surface area (Å²) in [7, 11) is 0. The van der Waals surface area contributed by atoms with Crippen molar-refractivity contribution >= 4 is 29.7 Å². The van der Waals surface area contributed by atoms with Crippen LogP contribution in [0.15, 0.2) is 72.8 Å². The first-order chi connectivity index (χ1) is 21.7. The predicted octanol–water partition coefficient (Wildman–Crippen LogP) is 7.25. The number of likely N-dealkylation sites (tertiary alicyclic amines) is 1. The molecule has 3 heterocycles. The molecule has 6 rings (SSSR count). The van der Waals surface area contributed by atoms with E-state index in [1.54, 1.807) is 6.07 Å². The smallest absolute Gasteiger partial charge is 0.416 e. The van der Waals surface area contributed by atoms with Gasteiger partial charge in [0.1, 0.15) is 18.4 Å². The number of anilines is 2. The highest BCUT2D eigenvalue weighted by Crippen LogP contribution is 2.37. The number of alkyl halides is 3. The summed E-state index contributed by atoms with van der Waals surface area (Å²) in [6.07, 6.45) is -0.0713. The van der Waals surface area contributed by atoms with Crippen LogP contribution in [0.4, 0.5) is 24.5 Å². The highest BCUT2D eigenvalue weighted by Gasteiger charge is 2.42. The first kappa shape index (κ1) is 34.1. The van der Waals surface area contributed by atoms with Crippen molar-refractivity contribution in [2.24, 2.45) is 5.92 Å². The standard InChI is InChI=1S/C36H43F3N4O2.ClH/c1-3-42(43-19-9-12-28-11-4-5-14-31(28)43)34(35(44)41-22-23-45-33-16-7-6-15-32(33)41)29-17-20-40(21-18-29)26(2)24-27-10-8-13-30(25-27)36(37,38)39;/h4-8,10-11,13-16,25-26,29,34H,3,9,12,17-24H2,1-2H3;1H. The zero-order valence-corrected chi connectivity index (χ0v) is 27.4. The van der Waals surface area contributed by atoms with Gasteiger partial charge < -0.3 is 19.5 Å². The van der Waals surface area contributed by atoms with E-state index in [9.17, 15) is 18.0 Å². The molecule has 3 aromatic carbocycles. The van der Waals surface area contributed by atoms with Crippen molar-refractivity contribution in [3.8, 4) is 5.75 Å². The number of hydrogen-bond acceptors (Lipinski definition) is 5. The van der Waals surface area contributed by atoms with Gasteiger partial charge in [-0.15, -0.1) is 12.4 Å². The number of para-hydroxylation sites is 3. The highest BCUT2D eigenvalue weighted by atomic mass is 35.5. The number of benzene rings is 3. The molecule has 1 fully saturated rings. The van der Waals surface area contributed by atoms with Crippen LogP contribution in [0.3, 0.4) is 0 Å². The minimum Gasteiger partial charge on any atom is -0.490 e. The van der Waals surface area contributed by atoms with Gasteiger partial charge in [0, 0.05) is 19.1 Å². The number of carbonyl (C=O) groups excluding carboxylic acids is 1. The molecule has 3 aromatic rings. The van der Waals surface area contributed by atoms with Crippen LogP contribution in [0, 0.1) is 5.92 Å². The molecule has 0 aliphatic carbocycles. The SMILES string of the molecule is CCN(C(C(=O)N1CCOc2ccccc21)C1CCN(C(C)Cc2cccc(C(F)(F)F)c2)CC1)N1CCCc2ccccc21.Cl. The lowest BCUT2D eigenvalue weighted by Crippen LogP contribution is -2.61. The molecule has 46 heavy (non-hydrogen) atoms. The van der Waals surface area contributed by atoms with Gasteiger partial charge in [-0.3, -0.25) is 4.79 Å². The Morgan fingerprint density at radius 1 is 0.957 bits per heavy atom. The van der Waals surface area contributed by atoms with Crippen LogP contribution in [0.1, 0.15) is 49.8 Å². The molecule has 2 atom stereocenters. The molecular formula is C36H44ClF3N4O2. The van der Waals surface area contributed by atoms with Crippen LogP contribution >= 0.6 is 12.4 Å². The van der Waals surface area contributed by atoms with Crippen LogP contribution in [0.2, 0.25) is 0 Å². The largest absolute Gasteiger partial charge is 0.490 e. The number of ether oxygens (including phenoxy) is 1. The summed E-state index contributed by atoms with van der Waals surface area (Å²) in [5, 5.41) is 4.65. The molecule has 1 saturated heterocycles. The summed E-state index contributed by atoms with van der Waals surface area (Å²) in [5.74, 6) is 0.963. The Hall–Kier alpha value is -3.27. The van der Waals surface area contributed by atoms with Crippen LogP contribution < -0.4 is 14.6 Å². The highest BCUT2D eigenvalue weighted by molar-refractivity contribution is 5.99. The van der Waals surface area contributed by atoms with Crippen LogP contribution in [-0.2, 0) is 23.8 Å². The van der Waals surface area contributed by atoms with Gasteiger partial charge in [0.15, 0.2) is 0 Å². The van der Waals surface area contributed by atoms with Gasteiger partial charge in [0.2, 0.25) is 5.91 Å². The van der Waals surface area contributed by atoms with Crippen molar-refractivity contribution in [1.29, 1.82) is 0 Å². The number of halogens is 4. The molecule has 0 saturated carbocycles. The van der Waals surface area contributed by atoms with E-state index >= 15 is 0 Å². The number of carbonyl (C=O) groups is 1. The van der Waals surface area contributed by atoms with Gasteiger partial charge in [-0.2, -0.15) is 13.2 Å². The number of rotatable bonds is 8. The Balaban J connectivity index is 0.00000417. The van der Waals surface area contributed by atoms with E-state index < -0.39 is 11.7 Å². The van der Waals surface area contributed by atoms with Crippen molar-refractivity contribution in [3.63, 3.8) is 0 Å². The number of likely N-dealkylation sites (N-methyl/N-ethyl adjacent to an activating group) is 1. The van der Waals surface area contributed by atoms with Gasteiger partial charge in [0.25, 0.3) is 0 Å². The first-order valence-corrected chi connectivity index (χ1v) is 16.3. The molecule has 0 spiro atoms. The Bertz CT molecular complexity index is 1480. The molecule has 0 aromatic heterocycles. The zero-order chi connectivity index (χ0) is 31.6. The zero-order valence-electron chi connectivity index (χ0n) is 26.6. The third-order valence-electron chi connectivity index (χ3n) is 9.72. The maximum atomic E-state index is 14.8. The Morgan fingerprint density at radius 2 is 1.67 bits per heavy atom. The van der Waals surface area contributed by atoms with Crippen molar-refractivity contribution in [2.45, 2.75) is 64.2 Å². The van der Waals surface area contributed by atoms with Crippen molar-refractivity contribution in [1.82, 2.24) is 9.91 Å². The third kappa shape index (κ3) is 7.16. The second kappa shape index (κ2) is 14.7. The molecule has 3 aliphatic heterocycles. The average Bonchev–Trinajstić information content (AvgIpc) is 3.06. The predicted molar refractivity (Wildman–Crippen MR) is 179 cm³/mol. The average molecular weight is 657 g/mol. The van der Waals surface area contributed by atoms with E-state index in [1.165, 1.54) is 23.4 Å². The van der Waals surface area contributed by atoms with Gasteiger partial charge >= 0.3 is 6.18 Å². The van der Waals surface area contributed by atoms with E-state index in [0.29, 0.717) is 31.7 Å². The molecule has 10 heteroatoms. The molecule has 248 valence electrons. The van der Waals surface area contributed by atoms with Crippen molar-refractivity contribution in [2.75, 3.05) is 49.2 Å². The molecule has 1 amide bonds. The number of nitrogens with zero attached hydrogens (tertiary/aromatic N) is 4. The van der Waals surface area contributed by atoms with Gasteiger partial charge in [-0.05, 0) is 93.4 Å². The minimum absolute atomic E-state index is 0. The number of aryl methyl sites for hydroxylation is 1. The van der Waals surface area contributed by atoms with E-state index in [1.807, 2.05) is 29.2 Å². The lowest BCUT2D eigenvalue weighted by atomic mass is 9.86. The molecule has 2 unspecified atom stereocenters. The molecule has 6 nitrogen and oxygen atoms in total. The van der Waals surface area contributed by atoms with Gasteiger partial charge in [-0.1, -0.05) is 55.5 Å². The molecule has 0 radical (unpaired) electrons. The Labute approximate surface area is 276 Å². The number of amides is 1. The van der Waals surface area contributed by atoms with E-state index in [-0.39, 0.29) is 36.3 Å². The second-order valence-electron chi connectivity index (χ2n) is 12.5. The van der Waals surface area contributed by atoms with Crippen LogP contribution in [0.25, 0.3) is 0 Å². The normalized spacial score (nSPS) is 18.7. The summed E-state index contributed by atoms with van der Waals surface area (Å²) < 4.78 is 45.9.